The molecule has 4 heteroatoms. The van der Waals surface area contributed by atoms with Crippen LogP contribution in [0.25, 0.3) is 0 Å². The van der Waals surface area contributed by atoms with Gasteiger partial charge in [-0.2, -0.15) is 0 Å². The van der Waals surface area contributed by atoms with E-state index >= 15 is 0 Å². The molecule has 0 saturated heterocycles. The van der Waals surface area contributed by atoms with Crippen LogP contribution in [-0.4, -0.2) is 23.5 Å². The lowest BCUT2D eigenvalue weighted by Crippen LogP contribution is -2.25. The fourth-order valence-corrected chi connectivity index (χ4v) is 2.79. The Morgan fingerprint density at radius 3 is 2.60 bits per heavy atom. The highest BCUT2D eigenvalue weighted by Crippen LogP contribution is 2.28. The van der Waals surface area contributed by atoms with E-state index in [2.05, 4.69) is 5.32 Å². The van der Waals surface area contributed by atoms with Crippen molar-refractivity contribution in [2.45, 2.75) is 38.5 Å². The summed E-state index contributed by atoms with van der Waals surface area (Å²) >= 11 is 0. The Morgan fingerprint density at radius 1 is 1.20 bits per heavy atom. The van der Waals surface area contributed by atoms with Crippen LogP contribution in [0.1, 0.15) is 59.2 Å². The average Bonchev–Trinajstić information content (AvgIpc) is 2.96. The highest BCUT2D eigenvalue weighted by molar-refractivity contribution is 5.97. The van der Waals surface area contributed by atoms with Gasteiger partial charge in [0.15, 0.2) is 0 Å². The molecule has 1 aromatic carbocycles. The highest BCUT2D eigenvalue weighted by atomic mass is 16.4. The Morgan fingerprint density at radius 2 is 1.90 bits per heavy atom. The molecule has 20 heavy (non-hydrogen) atoms. The molecule has 1 fully saturated rings. The van der Waals surface area contributed by atoms with Crippen molar-refractivity contribution in [1.82, 2.24) is 5.32 Å². The third kappa shape index (κ3) is 4.08. The van der Waals surface area contributed by atoms with Gasteiger partial charge in [-0.25, -0.2) is 4.79 Å². The summed E-state index contributed by atoms with van der Waals surface area (Å²) < 4.78 is 0. The van der Waals surface area contributed by atoms with E-state index in [9.17, 15) is 9.59 Å². The van der Waals surface area contributed by atoms with Crippen LogP contribution in [0.5, 0.6) is 0 Å². The van der Waals surface area contributed by atoms with E-state index < -0.39 is 5.97 Å². The molecule has 1 aliphatic carbocycles. The van der Waals surface area contributed by atoms with Crippen LogP contribution in [0.15, 0.2) is 24.3 Å². The first kappa shape index (κ1) is 14.6. The molecular formula is C16H21NO3. The third-order valence-corrected chi connectivity index (χ3v) is 3.92. The number of benzene rings is 1. The number of rotatable bonds is 6. The molecule has 0 aliphatic heterocycles. The summed E-state index contributed by atoms with van der Waals surface area (Å²) in [6, 6.07) is 6.13. The molecule has 1 amide bonds. The van der Waals surface area contributed by atoms with Crippen molar-refractivity contribution in [3.8, 4) is 0 Å². The Hall–Kier alpha value is -1.84. The van der Waals surface area contributed by atoms with Gasteiger partial charge in [-0.3, -0.25) is 4.79 Å². The molecule has 4 nitrogen and oxygen atoms in total. The van der Waals surface area contributed by atoms with Gasteiger partial charge in [0.05, 0.1) is 5.56 Å². The minimum absolute atomic E-state index is 0.142. The Kier molecular flexibility index (Phi) is 5.16. The molecule has 108 valence electrons. The molecule has 0 heterocycles. The summed E-state index contributed by atoms with van der Waals surface area (Å²) in [5.74, 6) is -0.373. The molecule has 0 bridgehead atoms. The van der Waals surface area contributed by atoms with Gasteiger partial charge in [0.25, 0.3) is 5.91 Å². The van der Waals surface area contributed by atoms with Crippen molar-refractivity contribution in [2.24, 2.45) is 5.92 Å². The fourth-order valence-electron chi connectivity index (χ4n) is 2.79. The van der Waals surface area contributed by atoms with Gasteiger partial charge < -0.3 is 10.4 Å². The van der Waals surface area contributed by atoms with Crippen LogP contribution in [-0.2, 0) is 0 Å². The zero-order valence-electron chi connectivity index (χ0n) is 11.6. The van der Waals surface area contributed by atoms with E-state index in [-0.39, 0.29) is 11.5 Å². The van der Waals surface area contributed by atoms with Gasteiger partial charge in [0, 0.05) is 12.1 Å². The van der Waals surface area contributed by atoms with E-state index in [4.69, 9.17) is 5.11 Å². The highest BCUT2D eigenvalue weighted by Gasteiger charge is 2.14. The first-order chi connectivity index (χ1) is 9.66. The topological polar surface area (TPSA) is 66.4 Å². The molecule has 0 radical (unpaired) electrons. The number of nitrogens with one attached hydrogen (secondary N) is 1. The zero-order valence-corrected chi connectivity index (χ0v) is 11.6. The second-order valence-electron chi connectivity index (χ2n) is 5.43. The minimum Gasteiger partial charge on any atom is -0.478 e. The summed E-state index contributed by atoms with van der Waals surface area (Å²) in [4.78, 5) is 22.8. The lowest BCUT2D eigenvalue weighted by atomic mass is 10.0. The van der Waals surface area contributed by atoms with Crippen molar-refractivity contribution in [2.75, 3.05) is 6.54 Å². The maximum Gasteiger partial charge on any atom is 0.335 e. The number of carboxylic acids is 1. The Labute approximate surface area is 119 Å². The van der Waals surface area contributed by atoms with E-state index in [1.165, 1.54) is 44.2 Å². The summed E-state index contributed by atoms with van der Waals surface area (Å²) in [7, 11) is 0. The average molecular weight is 275 g/mol. The maximum atomic E-state index is 11.9. The normalized spacial score (nSPS) is 15.2. The van der Waals surface area contributed by atoms with Gasteiger partial charge in [-0.1, -0.05) is 31.7 Å². The second-order valence-corrected chi connectivity index (χ2v) is 5.43. The van der Waals surface area contributed by atoms with Gasteiger partial charge in [0.2, 0.25) is 0 Å². The van der Waals surface area contributed by atoms with Gasteiger partial charge in [0.1, 0.15) is 0 Å². The lowest BCUT2D eigenvalue weighted by molar-refractivity contribution is 0.0697. The molecule has 0 aromatic heterocycles. The molecule has 1 saturated carbocycles. The first-order valence-corrected chi connectivity index (χ1v) is 7.28. The molecule has 0 unspecified atom stereocenters. The minimum atomic E-state index is -1.01. The fraction of sp³-hybridized carbons (Fsp3) is 0.500. The lowest BCUT2D eigenvalue weighted by Gasteiger charge is -2.09. The summed E-state index contributed by atoms with van der Waals surface area (Å²) in [6.45, 7) is 0.659. The van der Waals surface area contributed by atoms with Crippen LogP contribution in [0.4, 0.5) is 0 Å². The van der Waals surface area contributed by atoms with Crippen molar-refractivity contribution in [3.05, 3.63) is 35.4 Å². The van der Waals surface area contributed by atoms with E-state index in [1.807, 2.05) is 0 Å². The molecule has 1 aliphatic rings. The third-order valence-electron chi connectivity index (χ3n) is 3.92. The number of carbonyl (C=O) groups excluding carboxylic acids is 1. The zero-order chi connectivity index (χ0) is 14.4. The van der Waals surface area contributed by atoms with Gasteiger partial charge >= 0.3 is 5.97 Å². The smallest absolute Gasteiger partial charge is 0.335 e. The molecule has 2 N–H and O–H groups in total. The molecule has 2 rings (SSSR count). The maximum absolute atomic E-state index is 11.9. The first-order valence-electron chi connectivity index (χ1n) is 7.28. The van der Waals surface area contributed by atoms with E-state index in [0.29, 0.717) is 12.1 Å². The van der Waals surface area contributed by atoms with Crippen molar-refractivity contribution < 1.29 is 14.7 Å². The van der Waals surface area contributed by atoms with Crippen molar-refractivity contribution >= 4 is 11.9 Å². The van der Waals surface area contributed by atoms with Gasteiger partial charge in [-0.05, 0) is 37.0 Å². The number of hydrogen-bond acceptors (Lipinski definition) is 2. The van der Waals surface area contributed by atoms with Crippen molar-refractivity contribution in [3.63, 3.8) is 0 Å². The van der Waals surface area contributed by atoms with Crippen LogP contribution < -0.4 is 5.32 Å². The number of aromatic carboxylic acids is 1. The summed E-state index contributed by atoms with van der Waals surface area (Å²) in [6.07, 6.45) is 7.52. The number of carbonyl (C=O) groups is 2. The SMILES string of the molecule is O=C(O)c1cccc(C(=O)NCCCC2CCCC2)c1. The predicted octanol–water partition coefficient (Wildman–Crippen LogP) is 3.09. The van der Waals surface area contributed by atoms with Crippen LogP contribution in [0.3, 0.4) is 0 Å². The largest absolute Gasteiger partial charge is 0.478 e. The van der Waals surface area contributed by atoms with Crippen LogP contribution >= 0.6 is 0 Å². The monoisotopic (exact) mass is 275 g/mol. The molecule has 1 aromatic rings. The van der Waals surface area contributed by atoms with E-state index in [1.54, 1.807) is 12.1 Å². The Bertz CT molecular complexity index is 478. The molecule has 0 atom stereocenters. The Balaban J connectivity index is 1.76. The summed E-state index contributed by atoms with van der Waals surface area (Å²) in [5, 5.41) is 11.8. The number of amides is 1. The van der Waals surface area contributed by atoms with E-state index in [0.717, 1.165) is 12.3 Å². The number of carboxylic acid groups (broad SMARTS) is 1. The second kappa shape index (κ2) is 7.08. The predicted molar refractivity (Wildman–Crippen MR) is 76.9 cm³/mol. The van der Waals surface area contributed by atoms with Gasteiger partial charge in [-0.15, -0.1) is 0 Å². The quantitative estimate of drug-likeness (QED) is 0.784. The summed E-state index contributed by atoms with van der Waals surface area (Å²) in [5.41, 5.74) is 0.550. The van der Waals surface area contributed by atoms with Crippen LogP contribution in [0, 0.1) is 5.92 Å². The standard InChI is InChI=1S/C16H21NO3/c18-15(13-8-3-9-14(11-13)16(19)20)17-10-4-7-12-5-1-2-6-12/h3,8-9,11-12H,1-2,4-7,10H2,(H,17,18)(H,19,20). The molecular weight excluding hydrogens is 254 g/mol. The van der Waals surface area contributed by atoms with Crippen molar-refractivity contribution in [1.29, 1.82) is 0 Å². The molecule has 0 spiro atoms. The number of hydrogen-bond donors (Lipinski definition) is 2. The van der Waals surface area contributed by atoms with Crippen LogP contribution in [0.2, 0.25) is 0 Å².